The Hall–Kier alpha value is -0.120. The number of nitrogens with one attached hydrogen (secondary N) is 1. The van der Waals surface area contributed by atoms with Crippen LogP contribution in [-0.4, -0.2) is 62.2 Å². The summed E-state index contributed by atoms with van der Waals surface area (Å²) in [6.45, 7) is 8.18. The van der Waals surface area contributed by atoms with Crippen molar-refractivity contribution in [3.63, 3.8) is 0 Å². The van der Waals surface area contributed by atoms with Crippen LogP contribution in [0.5, 0.6) is 0 Å². The molecule has 3 nitrogen and oxygen atoms in total. The normalized spacial score (nSPS) is 19.4. The van der Waals surface area contributed by atoms with Crippen molar-refractivity contribution in [2.24, 2.45) is 0 Å². The quantitative estimate of drug-likeness (QED) is 0.629. The summed E-state index contributed by atoms with van der Waals surface area (Å²) in [5, 5.41) is 3.65. The minimum absolute atomic E-state index is 0.472. The molecule has 1 fully saturated rings. The molecule has 0 aliphatic heterocycles. The average Bonchev–Trinajstić information content (AvgIpc) is 2.37. The highest BCUT2D eigenvalue weighted by Crippen LogP contribution is 2.36. The van der Waals surface area contributed by atoms with Crippen LogP contribution in [0.4, 0.5) is 0 Å². The van der Waals surface area contributed by atoms with Crippen LogP contribution >= 0.6 is 0 Å². The van der Waals surface area contributed by atoms with Gasteiger partial charge in [-0.3, -0.25) is 0 Å². The van der Waals surface area contributed by atoms with Gasteiger partial charge in [0.15, 0.2) is 0 Å². The number of hydrogen-bond acceptors (Lipinski definition) is 3. The Morgan fingerprint density at radius 3 is 2.30 bits per heavy atom. The minimum Gasteiger partial charge on any atom is -0.314 e. The maximum Gasteiger partial charge on any atom is 0.0330 e. The lowest BCUT2D eigenvalue weighted by atomic mass is 9.75. The molecule has 0 bridgehead atoms. The van der Waals surface area contributed by atoms with Gasteiger partial charge in [-0.2, -0.15) is 0 Å². The third kappa shape index (κ3) is 5.34. The molecule has 1 N–H and O–H groups in total. The summed E-state index contributed by atoms with van der Waals surface area (Å²) in [5.41, 5.74) is 0.472. The minimum atomic E-state index is 0.472. The van der Waals surface area contributed by atoms with Gasteiger partial charge in [-0.05, 0) is 79.2 Å². The molecule has 0 amide bonds. The fourth-order valence-electron chi connectivity index (χ4n) is 3.32. The molecule has 0 spiro atoms. The standard InChI is InChI=1S/C17H37N3/c1-6-13-18-16(7-2)10-8-14-20(5)15-17(19(3)4)11-9-12-17/h16,18H,6-15H2,1-5H3. The van der Waals surface area contributed by atoms with E-state index in [9.17, 15) is 0 Å². The zero-order valence-corrected chi connectivity index (χ0v) is 14.5. The highest BCUT2D eigenvalue weighted by molar-refractivity contribution is 4.97. The van der Waals surface area contributed by atoms with Crippen molar-refractivity contribution in [3.05, 3.63) is 0 Å². The van der Waals surface area contributed by atoms with E-state index in [4.69, 9.17) is 0 Å². The predicted octanol–water partition coefficient (Wildman–Crippen LogP) is 2.96. The van der Waals surface area contributed by atoms with Crippen LogP contribution in [0.2, 0.25) is 0 Å². The Balaban J connectivity index is 2.20. The third-order valence-electron chi connectivity index (χ3n) is 5.07. The first-order valence-electron chi connectivity index (χ1n) is 8.63. The second kappa shape index (κ2) is 9.01. The Morgan fingerprint density at radius 2 is 1.85 bits per heavy atom. The Labute approximate surface area is 127 Å². The maximum atomic E-state index is 3.65. The molecule has 0 aromatic heterocycles. The molecular weight excluding hydrogens is 246 g/mol. The molecule has 1 rings (SSSR count). The van der Waals surface area contributed by atoms with E-state index >= 15 is 0 Å². The number of likely N-dealkylation sites (N-methyl/N-ethyl adjacent to an activating group) is 2. The van der Waals surface area contributed by atoms with Crippen LogP contribution in [-0.2, 0) is 0 Å². The van der Waals surface area contributed by atoms with Crippen molar-refractivity contribution < 1.29 is 0 Å². The second-order valence-electron chi connectivity index (χ2n) is 6.91. The molecule has 1 unspecified atom stereocenters. The van der Waals surface area contributed by atoms with Crippen LogP contribution in [0.15, 0.2) is 0 Å². The molecule has 1 aliphatic rings. The van der Waals surface area contributed by atoms with Gasteiger partial charge in [0.2, 0.25) is 0 Å². The molecule has 3 heteroatoms. The number of hydrogen-bond donors (Lipinski definition) is 1. The molecule has 20 heavy (non-hydrogen) atoms. The smallest absolute Gasteiger partial charge is 0.0330 e. The van der Waals surface area contributed by atoms with Gasteiger partial charge in [-0.15, -0.1) is 0 Å². The van der Waals surface area contributed by atoms with E-state index in [1.165, 1.54) is 58.0 Å². The van der Waals surface area contributed by atoms with E-state index in [2.05, 4.69) is 50.1 Å². The highest BCUT2D eigenvalue weighted by atomic mass is 15.2. The average molecular weight is 284 g/mol. The monoisotopic (exact) mass is 283 g/mol. The first-order chi connectivity index (χ1) is 9.54. The van der Waals surface area contributed by atoms with E-state index in [-0.39, 0.29) is 0 Å². The molecule has 0 aromatic carbocycles. The Bertz CT molecular complexity index is 249. The zero-order chi connectivity index (χ0) is 15.0. The van der Waals surface area contributed by atoms with E-state index in [0.29, 0.717) is 5.54 Å². The van der Waals surface area contributed by atoms with E-state index in [1.807, 2.05) is 0 Å². The highest BCUT2D eigenvalue weighted by Gasteiger charge is 2.39. The van der Waals surface area contributed by atoms with E-state index < -0.39 is 0 Å². The van der Waals surface area contributed by atoms with E-state index in [1.54, 1.807) is 0 Å². The molecule has 0 heterocycles. The van der Waals surface area contributed by atoms with Crippen molar-refractivity contribution in [2.75, 3.05) is 40.8 Å². The van der Waals surface area contributed by atoms with Gasteiger partial charge in [-0.25, -0.2) is 0 Å². The molecule has 0 aromatic rings. The van der Waals surface area contributed by atoms with Crippen molar-refractivity contribution in [1.82, 2.24) is 15.1 Å². The molecule has 1 saturated carbocycles. The molecule has 0 radical (unpaired) electrons. The first kappa shape index (κ1) is 17.9. The Kier molecular flexibility index (Phi) is 8.08. The third-order valence-corrected chi connectivity index (χ3v) is 5.07. The van der Waals surface area contributed by atoms with Gasteiger partial charge in [0.1, 0.15) is 0 Å². The summed E-state index contributed by atoms with van der Waals surface area (Å²) >= 11 is 0. The lowest BCUT2D eigenvalue weighted by molar-refractivity contribution is 0.0274. The lowest BCUT2D eigenvalue weighted by Gasteiger charge is -2.49. The molecule has 120 valence electrons. The van der Waals surface area contributed by atoms with Gasteiger partial charge in [0, 0.05) is 18.1 Å². The summed E-state index contributed by atoms with van der Waals surface area (Å²) in [4.78, 5) is 5.00. The van der Waals surface area contributed by atoms with Crippen LogP contribution in [0.25, 0.3) is 0 Å². The van der Waals surface area contributed by atoms with Crippen LogP contribution in [0.1, 0.15) is 58.8 Å². The molecule has 0 saturated heterocycles. The predicted molar refractivity (Wildman–Crippen MR) is 89.4 cm³/mol. The van der Waals surface area contributed by atoms with Crippen molar-refractivity contribution in [2.45, 2.75) is 70.4 Å². The topological polar surface area (TPSA) is 18.5 Å². The van der Waals surface area contributed by atoms with Gasteiger partial charge >= 0.3 is 0 Å². The summed E-state index contributed by atoms with van der Waals surface area (Å²) in [6, 6.07) is 0.717. The molecular formula is C17H37N3. The maximum absolute atomic E-state index is 3.65. The first-order valence-corrected chi connectivity index (χ1v) is 8.63. The largest absolute Gasteiger partial charge is 0.314 e. The van der Waals surface area contributed by atoms with Gasteiger partial charge in [0.25, 0.3) is 0 Å². The van der Waals surface area contributed by atoms with Gasteiger partial charge in [-0.1, -0.05) is 13.8 Å². The second-order valence-corrected chi connectivity index (χ2v) is 6.91. The van der Waals surface area contributed by atoms with Gasteiger partial charge in [0.05, 0.1) is 0 Å². The van der Waals surface area contributed by atoms with Crippen molar-refractivity contribution in [1.29, 1.82) is 0 Å². The van der Waals surface area contributed by atoms with Gasteiger partial charge < -0.3 is 15.1 Å². The summed E-state index contributed by atoms with van der Waals surface area (Å²) in [6.07, 6.45) is 9.28. The fourth-order valence-corrected chi connectivity index (χ4v) is 3.32. The van der Waals surface area contributed by atoms with Crippen LogP contribution in [0, 0.1) is 0 Å². The summed E-state index contributed by atoms with van der Waals surface area (Å²) in [5.74, 6) is 0. The Morgan fingerprint density at radius 1 is 1.15 bits per heavy atom. The zero-order valence-electron chi connectivity index (χ0n) is 14.5. The fraction of sp³-hybridized carbons (Fsp3) is 1.00. The summed E-state index contributed by atoms with van der Waals surface area (Å²) in [7, 11) is 6.79. The van der Waals surface area contributed by atoms with Crippen molar-refractivity contribution in [3.8, 4) is 0 Å². The number of nitrogens with zero attached hydrogens (tertiary/aromatic N) is 2. The molecule has 1 aliphatic carbocycles. The SMILES string of the molecule is CCCNC(CC)CCCN(C)CC1(N(C)C)CCC1. The summed E-state index contributed by atoms with van der Waals surface area (Å²) < 4.78 is 0. The lowest BCUT2D eigenvalue weighted by Crippen LogP contribution is -2.56. The number of rotatable bonds is 11. The van der Waals surface area contributed by atoms with Crippen LogP contribution in [0.3, 0.4) is 0 Å². The van der Waals surface area contributed by atoms with E-state index in [0.717, 1.165) is 12.6 Å². The van der Waals surface area contributed by atoms with Crippen LogP contribution < -0.4 is 5.32 Å². The molecule has 1 atom stereocenters. The van der Waals surface area contributed by atoms with Crippen molar-refractivity contribution >= 4 is 0 Å².